The van der Waals surface area contributed by atoms with Crippen molar-refractivity contribution < 1.29 is 9.90 Å². The SMILES string of the molecule is C#C[C@@]1(O)CCC2=C3CCC4=CC(=O)CC[C@H]4[C@@H]3CC[C@]21CC. The second-order valence-corrected chi connectivity index (χ2v) is 7.92. The summed E-state index contributed by atoms with van der Waals surface area (Å²) in [6.45, 7) is 2.18. The smallest absolute Gasteiger partial charge is 0.155 e. The summed E-state index contributed by atoms with van der Waals surface area (Å²) in [7, 11) is 0. The second kappa shape index (κ2) is 5.08. The minimum Gasteiger partial charge on any atom is -0.377 e. The molecule has 2 saturated carbocycles. The van der Waals surface area contributed by atoms with Crippen molar-refractivity contribution in [2.45, 2.75) is 70.3 Å². The summed E-state index contributed by atoms with van der Waals surface area (Å²) in [4.78, 5) is 11.7. The molecule has 4 rings (SSSR count). The van der Waals surface area contributed by atoms with E-state index in [0.717, 1.165) is 51.4 Å². The molecule has 2 nitrogen and oxygen atoms in total. The van der Waals surface area contributed by atoms with Crippen LogP contribution in [0, 0.1) is 29.6 Å². The summed E-state index contributed by atoms with van der Waals surface area (Å²) < 4.78 is 0. The van der Waals surface area contributed by atoms with Crippen LogP contribution in [0.15, 0.2) is 22.8 Å². The van der Waals surface area contributed by atoms with Crippen molar-refractivity contribution >= 4 is 5.78 Å². The van der Waals surface area contributed by atoms with Gasteiger partial charge >= 0.3 is 0 Å². The Kier molecular flexibility index (Phi) is 3.36. The monoisotopic (exact) mass is 310 g/mol. The lowest BCUT2D eigenvalue weighted by molar-refractivity contribution is -0.115. The maximum absolute atomic E-state index is 11.7. The van der Waals surface area contributed by atoms with E-state index in [4.69, 9.17) is 6.42 Å². The minimum atomic E-state index is -0.951. The molecule has 0 saturated heterocycles. The normalized spacial score (nSPS) is 42.5. The predicted molar refractivity (Wildman–Crippen MR) is 90.5 cm³/mol. The van der Waals surface area contributed by atoms with Crippen LogP contribution in [0.25, 0.3) is 0 Å². The Morgan fingerprint density at radius 1 is 1.22 bits per heavy atom. The number of fused-ring (bicyclic) bond motifs is 4. The van der Waals surface area contributed by atoms with E-state index in [1.165, 1.54) is 11.1 Å². The molecule has 0 heterocycles. The fraction of sp³-hybridized carbons (Fsp3) is 0.667. The molecule has 0 unspecified atom stereocenters. The molecular weight excluding hydrogens is 284 g/mol. The van der Waals surface area contributed by atoms with Crippen molar-refractivity contribution in [3.8, 4) is 12.3 Å². The molecule has 2 fully saturated rings. The van der Waals surface area contributed by atoms with Gasteiger partial charge in [0.15, 0.2) is 5.78 Å². The first-order chi connectivity index (χ1) is 11.0. The molecule has 0 aromatic carbocycles. The highest BCUT2D eigenvalue weighted by Crippen LogP contribution is 2.63. The zero-order valence-corrected chi connectivity index (χ0v) is 14.0. The van der Waals surface area contributed by atoms with Crippen molar-refractivity contribution in [1.29, 1.82) is 0 Å². The van der Waals surface area contributed by atoms with Gasteiger partial charge in [-0.3, -0.25) is 4.79 Å². The van der Waals surface area contributed by atoms with Gasteiger partial charge in [0.2, 0.25) is 0 Å². The summed E-state index contributed by atoms with van der Waals surface area (Å²) in [5.74, 6) is 4.23. The number of rotatable bonds is 1. The van der Waals surface area contributed by atoms with Crippen molar-refractivity contribution in [3.63, 3.8) is 0 Å². The van der Waals surface area contributed by atoms with E-state index in [0.29, 0.717) is 24.0 Å². The molecule has 0 spiro atoms. The van der Waals surface area contributed by atoms with E-state index in [2.05, 4.69) is 12.8 Å². The lowest BCUT2D eigenvalue weighted by Gasteiger charge is -2.49. The maximum atomic E-state index is 11.7. The molecule has 4 atom stereocenters. The summed E-state index contributed by atoms with van der Waals surface area (Å²) >= 11 is 0. The molecule has 2 heteroatoms. The van der Waals surface area contributed by atoms with E-state index in [1.807, 2.05) is 6.08 Å². The molecule has 4 aliphatic carbocycles. The third-order valence-corrected chi connectivity index (χ3v) is 7.36. The first-order valence-corrected chi connectivity index (χ1v) is 9.20. The quantitative estimate of drug-likeness (QED) is 0.588. The van der Waals surface area contributed by atoms with Crippen molar-refractivity contribution in [2.75, 3.05) is 0 Å². The van der Waals surface area contributed by atoms with Crippen LogP contribution in [0.3, 0.4) is 0 Å². The van der Waals surface area contributed by atoms with Crippen LogP contribution in [0.2, 0.25) is 0 Å². The van der Waals surface area contributed by atoms with Crippen LogP contribution in [-0.4, -0.2) is 16.5 Å². The van der Waals surface area contributed by atoms with Gasteiger partial charge in [-0.05, 0) is 69.3 Å². The number of carbonyl (C=O) groups excluding carboxylic acids is 1. The fourth-order valence-corrected chi connectivity index (χ4v) is 6.20. The van der Waals surface area contributed by atoms with Gasteiger partial charge in [0.1, 0.15) is 5.60 Å². The number of allylic oxidation sites excluding steroid dienone is 3. The van der Waals surface area contributed by atoms with E-state index in [-0.39, 0.29) is 5.41 Å². The lowest BCUT2D eigenvalue weighted by atomic mass is 9.56. The van der Waals surface area contributed by atoms with Crippen molar-refractivity contribution in [1.82, 2.24) is 0 Å². The Bertz CT molecular complexity index is 662. The zero-order chi connectivity index (χ0) is 16.2. The summed E-state index contributed by atoms with van der Waals surface area (Å²) in [6, 6.07) is 0. The average Bonchev–Trinajstić information content (AvgIpc) is 2.88. The van der Waals surface area contributed by atoms with Crippen LogP contribution in [0.5, 0.6) is 0 Å². The van der Waals surface area contributed by atoms with Gasteiger partial charge in [0.05, 0.1) is 0 Å². The van der Waals surface area contributed by atoms with Crippen LogP contribution in [-0.2, 0) is 4.79 Å². The van der Waals surface area contributed by atoms with Crippen LogP contribution in [0.4, 0.5) is 0 Å². The molecule has 0 amide bonds. The molecule has 4 aliphatic rings. The molecule has 0 aliphatic heterocycles. The predicted octanol–water partition coefficient (Wildman–Crippen LogP) is 3.95. The lowest BCUT2D eigenvalue weighted by Crippen LogP contribution is -2.47. The van der Waals surface area contributed by atoms with E-state index in [1.54, 1.807) is 5.57 Å². The van der Waals surface area contributed by atoms with Gasteiger partial charge in [-0.1, -0.05) is 29.6 Å². The highest BCUT2D eigenvalue weighted by molar-refractivity contribution is 5.91. The van der Waals surface area contributed by atoms with E-state index in [9.17, 15) is 9.90 Å². The Morgan fingerprint density at radius 2 is 2.04 bits per heavy atom. The number of aliphatic hydroxyl groups is 1. The minimum absolute atomic E-state index is 0.181. The van der Waals surface area contributed by atoms with Gasteiger partial charge in [-0.2, -0.15) is 0 Å². The van der Waals surface area contributed by atoms with Crippen LogP contribution in [0.1, 0.15) is 64.7 Å². The molecule has 0 aromatic heterocycles. The second-order valence-electron chi connectivity index (χ2n) is 7.92. The highest BCUT2D eigenvalue weighted by Gasteiger charge is 2.58. The van der Waals surface area contributed by atoms with Gasteiger partial charge in [-0.15, -0.1) is 6.42 Å². The molecule has 0 radical (unpaired) electrons. The summed E-state index contributed by atoms with van der Waals surface area (Å²) in [5.41, 5.74) is 3.35. The molecule has 122 valence electrons. The third kappa shape index (κ3) is 1.89. The Morgan fingerprint density at radius 3 is 2.78 bits per heavy atom. The highest BCUT2D eigenvalue weighted by atomic mass is 16.3. The first-order valence-electron chi connectivity index (χ1n) is 9.20. The average molecular weight is 310 g/mol. The first kappa shape index (κ1) is 15.2. The van der Waals surface area contributed by atoms with Crippen LogP contribution >= 0.6 is 0 Å². The number of terminal acetylenes is 1. The summed E-state index contributed by atoms with van der Waals surface area (Å²) in [6.07, 6.45) is 16.3. The largest absolute Gasteiger partial charge is 0.377 e. The topological polar surface area (TPSA) is 37.3 Å². The molecule has 0 aromatic rings. The van der Waals surface area contributed by atoms with Crippen molar-refractivity contribution in [2.24, 2.45) is 17.3 Å². The number of ketones is 1. The maximum Gasteiger partial charge on any atom is 0.155 e. The Hall–Kier alpha value is -1.33. The van der Waals surface area contributed by atoms with Crippen LogP contribution < -0.4 is 0 Å². The fourth-order valence-electron chi connectivity index (χ4n) is 6.20. The van der Waals surface area contributed by atoms with E-state index < -0.39 is 5.60 Å². The summed E-state index contributed by atoms with van der Waals surface area (Å²) in [5, 5.41) is 11.1. The zero-order valence-electron chi connectivity index (χ0n) is 14.0. The number of hydrogen-bond acceptors (Lipinski definition) is 2. The number of hydrogen-bond donors (Lipinski definition) is 1. The molecule has 0 bridgehead atoms. The van der Waals surface area contributed by atoms with Crippen molar-refractivity contribution in [3.05, 3.63) is 22.8 Å². The van der Waals surface area contributed by atoms with Gasteiger partial charge in [-0.25, -0.2) is 0 Å². The molecular formula is C21H26O2. The van der Waals surface area contributed by atoms with Gasteiger partial charge < -0.3 is 5.11 Å². The van der Waals surface area contributed by atoms with Gasteiger partial charge in [0.25, 0.3) is 0 Å². The van der Waals surface area contributed by atoms with Gasteiger partial charge in [0, 0.05) is 11.8 Å². The van der Waals surface area contributed by atoms with E-state index >= 15 is 0 Å². The third-order valence-electron chi connectivity index (χ3n) is 7.36. The number of carbonyl (C=O) groups is 1. The molecule has 1 N–H and O–H groups in total. The Labute approximate surface area is 139 Å². The standard InChI is InChI=1S/C21H26O2/c1-3-20-11-9-17-16-8-6-15(22)13-14(16)5-7-18(17)19(20)10-12-21(20,23)4-2/h2,13,16-17,23H,3,5-12H2,1H3/t16-,17+,20-,21-/m1/s1. The molecule has 23 heavy (non-hydrogen) atoms. The Balaban J connectivity index is 1.78.